The minimum absolute atomic E-state index is 0.238. The number of rotatable bonds is 4. The molecule has 0 spiro atoms. The van der Waals surface area contributed by atoms with Gasteiger partial charge in [0.1, 0.15) is 0 Å². The summed E-state index contributed by atoms with van der Waals surface area (Å²) >= 11 is 0. The highest BCUT2D eigenvalue weighted by Gasteiger charge is 2.46. The van der Waals surface area contributed by atoms with Crippen molar-refractivity contribution in [3.63, 3.8) is 0 Å². The van der Waals surface area contributed by atoms with Crippen LogP contribution in [0.2, 0.25) is 0 Å². The number of nitrogens with zero attached hydrogens (tertiary/aromatic N) is 1. The van der Waals surface area contributed by atoms with Gasteiger partial charge in [-0.05, 0) is 41.9 Å². The van der Waals surface area contributed by atoms with E-state index in [9.17, 15) is 4.79 Å². The van der Waals surface area contributed by atoms with Gasteiger partial charge in [0.2, 0.25) is 6.08 Å². The average Bonchev–Trinajstić information content (AvgIpc) is 3.09. The van der Waals surface area contributed by atoms with E-state index in [1.165, 1.54) is 16.7 Å². The Hall–Kier alpha value is -1.40. The first-order valence-electron chi connectivity index (χ1n) is 6.35. The summed E-state index contributed by atoms with van der Waals surface area (Å²) in [6.07, 6.45) is 4.70. The second-order valence-electron chi connectivity index (χ2n) is 5.16. The molecule has 0 aliphatic heterocycles. The summed E-state index contributed by atoms with van der Waals surface area (Å²) < 4.78 is 0. The standard InChI is InChI=1S/C15H19NO/c1-4-12-5-6-13(11(2)3)9-14(12)15(7-8-15)16-10-17/h5-6,9,11H,4,7-8H2,1-3H3. The molecule has 90 valence electrons. The van der Waals surface area contributed by atoms with Gasteiger partial charge in [-0.3, -0.25) is 0 Å². The number of benzene rings is 1. The Morgan fingerprint density at radius 2 is 2.12 bits per heavy atom. The Kier molecular flexibility index (Phi) is 3.17. The maximum atomic E-state index is 10.6. The summed E-state index contributed by atoms with van der Waals surface area (Å²) in [6, 6.07) is 6.61. The molecule has 0 unspecified atom stereocenters. The zero-order chi connectivity index (χ0) is 12.5. The molecule has 0 bridgehead atoms. The highest BCUT2D eigenvalue weighted by Crippen LogP contribution is 2.50. The Bertz CT molecular complexity index is 466. The first kappa shape index (κ1) is 12.1. The maximum Gasteiger partial charge on any atom is 0.235 e. The fraction of sp³-hybridized carbons (Fsp3) is 0.533. The largest absolute Gasteiger partial charge is 0.235 e. The number of aryl methyl sites for hydroxylation is 1. The lowest BCUT2D eigenvalue weighted by Crippen LogP contribution is -2.07. The third-order valence-corrected chi connectivity index (χ3v) is 3.67. The van der Waals surface area contributed by atoms with Crippen molar-refractivity contribution in [3.8, 4) is 0 Å². The van der Waals surface area contributed by atoms with E-state index in [-0.39, 0.29) is 5.54 Å². The first-order chi connectivity index (χ1) is 8.13. The zero-order valence-electron chi connectivity index (χ0n) is 10.8. The van der Waals surface area contributed by atoms with Crippen molar-refractivity contribution in [2.75, 3.05) is 0 Å². The van der Waals surface area contributed by atoms with Crippen LogP contribution in [0.4, 0.5) is 0 Å². The molecule has 0 heterocycles. The highest BCUT2D eigenvalue weighted by molar-refractivity contribution is 5.46. The van der Waals surface area contributed by atoms with Gasteiger partial charge >= 0.3 is 0 Å². The fourth-order valence-corrected chi connectivity index (χ4v) is 2.34. The van der Waals surface area contributed by atoms with Gasteiger partial charge in [0.25, 0.3) is 0 Å². The monoisotopic (exact) mass is 229 g/mol. The molecule has 0 saturated heterocycles. The van der Waals surface area contributed by atoms with Gasteiger partial charge in [-0.15, -0.1) is 0 Å². The molecule has 1 aliphatic rings. The van der Waals surface area contributed by atoms with Crippen LogP contribution < -0.4 is 0 Å². The predicted molar refractivity (Wildman–Crippen MR) is 68.9 cm³/mol. The molecule has 0 amide bonds. The normalized spacial score (nSPS) is 16.7. The molecule has 1 aromatic rings. The van der Waals surface area contributed by atoms with Crippen LogP contribution in [-0.4, -0.2) is 6.08 Å². The van der Waals surface area contributed by atoms with Gasteiger partial charge in [-0.2, -0.15) is 4.99 Å². The quantitative estimate of drug-likeness (QED) is 0.572. The Labute approximate surface area is 103 Å². The molecule has 17 heavy (non-hydrogen) atoms. The number of hydrogen-bond donors (Lipinski definition) is 0. The Morgan fingerprint density at radius 1 is 1.41 bits per heavy atom. The van der Waals surface area contributed by atoms with E-state index < -0.39 is 0 Å². The number of isocyanates is 1. The molecule has 2 rings (SSSR count). The molecule has 1 aromatic carbocycles. The fourth-order valence-electron chi connectivity index (χ4n) is 2.34. The number of aliphatic imine (C=N–C) groups is 1. The van der Waals surface area contributed by atoms with E-state index in [1.807, 2.05) is 0 Å². The second-order valence-corrected chi connectivity index (χ2v) is 5.16. The molecule has 0 atom stereocenters. The van der Waals surface area contributed by atoms with Crippen molar-refractivity contribution >= 4 is 6.08 Å². The minimum Gasteiger partial charge on any atom is -0.211 e. The van der Waals surface area contributed by atoms with Crippen molar-refractivity contribution in [1.82, 2.24) is 0 Å². The van der Waals surface area contributed by atoms with Crippen molar-refractivity contribution < 1.29 is 4.79 Å². The van der Waals surface area contributed by atoms with Crippen LogP contribution in [0, 0.1) is 0 Å². The SMILES string of the molecule is CCc1ccc(C(C)C)cc1C1(N=C=O)CC1. The third-order valence-electron chi connectivity index (χ3n) is 3.67. The lowest BCUT2D eigenvalue weighted by Gasteiger charge is -2.16. The average molecular weight is 229 g/mol. The third kappa shape index (κ3) is 2.18. The molecule has 0 aromatic heterocycles. The van der Waals surface area contributed by atoms with E-state index in [0.29, 0.717) is 5.92 Å². The van der Waals surface area contributed by atoms with Crippen molar-refractivity contribution in [3.05, 3.63) is 34.9 Å². The van der Waals surface area contributed by atoms with Crippen LogP contribution in [0.1, 0.15) is 56.2 Å². The molecule has 1 saturated carbocycles. The number of hydrogen-bond acceptors (Lipinski definition) is 2. The van der Waals surface area contributed by atoms with E-state index >= 15 is 0 Å². The maximum absolute atomic E-state index is 10.6. The molecular weight excluding hydrogens is 210 g/mol. The summed E-state index contributed by atoms with van der Waals surface area (Å²) in [5, 5.41) is 0. The van der Waals surface area contributed by atoms with E-state index in [2.05, 4.69) is 44.0 Å². The van der Waals surface area contributed by atoms with Crippen LogP contribution in [0.3, 0.4) is 0 Å². The van der Waals surface area contributed by atoms with E-state index in [0.717, 1.165) is 19.3 Å². The summed E-state index contributed by atoms with van der Waals surface area (Å²) in [4.78, 5) is 14.6. The molecule has 1 aliphatic carbocycles. The topological polar surface area (TPSA) is 29.4 Å². The second kappa shape index (κ2) is 4.46. The van der Waals surface area contributed by atoms with E-state index in [4.69, 9.17) is 0 Å². The smallest absolute Gasteiger partial charge is 0.211 e. The lowest BCUT2D eigenvalue weighted by atomic mass is 9.91. The van der Waals surface area contributed by atoms with Crippen molar-refractivity contribution in [2.45, 2.75) is 51.5 Å². The van der Waals surface area contributed by atoms with Crippen LogP contribution in [-0.2, 0) is 16.8 Å². The first-order valence-corrected chi connectivity index (χ1v) is 6.35. The predicted octanol–water partition coefficient (Wildman–Crippen LogP) is 3.70. The summed E-state index contributed by atoms with van der Waals surface area (Å²) in [5.41, 5.74) is 3.64. The minimum atomic E-state index is -0.238. The molecular formula is C15H19NO. The lowest BCUT2D eigenvalue weighted by molar-refractivity contribution is 0.556. The highest BCUT2D eigenvalue weighted by atomic mass is 16.1. The Morgan fingerprint density at radius 3 is 2.59 bits per heavy atom. The zero-order valence-corrected chi connectivity index (χ0v) is 10.8. The van der Waals surface area contributed by atoms with Gasteiger partial charge < -0.3 is 0 Å². The van der Waals surface area contributed by atoms with Gasteiger partial charge in [-0.25, -0.2) is 4.79 Å². The van der Waals surface area contributed by atoms with Crippen LogP contribution in [0.25, 0.3) is 0 Å². The van der Waals surface area contributed by atoms with Gasteiger partial charge in [0.15, 0.2) is 0 Å². The molecule has 0 N–H and O–H groups in total. The van der Waals surface area contributed by atoms with E-state index in [1.54, 1.807) is 6.08 Å². The van der Waals surface area contributed by atoms with Crippen LogP contribution in [0.5, 0.6) is 0 Å². The molecule has 2 heteroatoms. The van der Waals surface area contributed by atoms with Gasteiger partial charge in [0, 0.05) is 0 Å². The summed E-state index contributed by atoms with van der Waals surface area (Å²) in [6.45, 7) is 6.52. The van der Waals surface area contributed by atoms with Crippen molar-refractivity contribution in [1.29, 1.82) is 0 Å². The summed E-state index contributed by atoms with van der Waals surface area (Å²) in [5.74, 6) is 0.510. The van der Waals surface area contributed by atoms with Gasteiger partial charge in [-0.1, -0.05) is 39.0 Å². The molecule has 2 nitrogen and oxygen atoms in total. The van der Waals surface area contributed by atoms with Gasteiger partial charge in [0.05, 0.1) is 5.54 Å². The number of carbonyl (C=O) groups excluding carboxylic acids is 1. The van der Waals surface area contributed by atoms with Crippen LogP contribution in [0.15, 0.2) is 23.2 Å². The molecule has 1 fully saturated rings. The van der Waals surface area contributed by atoms with Crippen LogP contribution >= 0.6 is 0 Å². The summed E-state index contributed by atoms with van der Waals surface area (Å²) in [7, 11) is 0. The molecule has 0 radical (unpaired) electrons. The Balaban J connectivity index is 2.50. The van der Waals surface area contributed by atoms with Crippen molar-refractivity contribution in [2.24, 2.45) is 4.99 Å².